The molecule has 3 aromatic rings. The Kier molecular flexibility index (Phi) is 6.15. The minimum atomic E-state index is -0.476. The number of amides is 1. The van der Waals surface area contributed by atoms with Crippen LogP contribution in [0.4, 0.5) is 19.6 Å². The van der Waals surface area contributed by atoms with Gasteiger partial charge in [0.2, 0.25) is 5.91 Å². The SMILES string of the molecule is CC(=O)N(c1nc(CSc2cc(F)ccc2F)cs1)c1c(C)cc(C)cc1C. The number of nitrogens with zero attached hydrogens (tertiary/aromatic N) is 2. The second-order valence-electron chi connectivity index (χ2n) is 6.59. The molecule has 0 fully saturated rings. The summed E-state index contributed by atoms with van der Waals surface area (Å²) < 4.78 is 27.1. The second kappa shape index (κ2) is 8.41. The molecule has 0 aliphatic rings. The summed E-state index contributed by atoms with van der Waals surface area (Å²) in [4.78, 5) is 18.8. The smallest absolute Gasteiger partial charge is 0.230 e. The number of carbonyl (C=O) groups excluding carboxylic acids is 1. The number of rotatable bonds is 5. The van der Waals surface area contributed by atoms with Crippen LogP contribution in [0.5, 0.6) is 0 Å². The topological polar surface area (TPSA) is 33.2 Å². The van der Waals surface area contributed by atoms with Crippen LogP contribution >= 0.6 is 23.1 Å². The highest BCUT2D eigenvalue weighted by Crippen LogP contribution is 2.35. The third kappa shape index (κ3) is 4.42. The van der Waals surface area contributed by atoms with Crippen LogP contribution in [0, 0.1) is 32.4 Å². The van der Waals surface area contributed by atoms with Gasteiger partial charge < -0.3 is 0 Å². The van der Waals surface area contributed by atoms with E-state index in [-0.39, 0.29) is 10.8 Å². The molecule has 0 unspecified atom stereocenters. The average Bonchev–Trinajstić information content (AvgIpc) is 3.06. The molecule has 0 radical (unpaired) electrons. The van der Waals surface area contributed by atoms with Gasteiger partial charge in [-0.2, -0.15) is 0 Å². The monoisotopic (exact) mass is 418 g/mol. The zero-order valence-corrected chi connectivity index (χ0v) is 17.7. The molecule has 1 aromatic heterocycles. The van der Waals surface area contributed by atoms with Gasteiger partial charge >= 0.3 is 0 Å². The maximum Gasteiger partial charge on any atom is 0.230 e. The fourth-order valence-electron chi connectivity index (χ4n) is 3.12. The van der Waals surface area contributed by atoms with Crippen LogP contribution in [0.3, 0.4) is 0 Å². The van der Waals surface area contributed by atoms with Crippen molar-refractivity contribution < 1.29 is 13.6 Å². The molecule has 1 amide bonds. The normalized spacial score (nSPS) is 10.9. The molecule has 0 atom stereocenters. The second-order valence-corrected chi connectivity index (χ2v) is 8.44. The molecule has 0 spiro atoms. The molecule has 0 aliphatic heterocycles. The number of benzene rings is 2. The summed E-state index contributed by atoms with van der Waals surface area (Å²) in [5.41, 5.74) is 4.68. The van der Waals surface area contributed by atoms with Gasteiger partial charge in [-0.25, -0.2) is 13.8 Å². The van der Waals surface area contributed by atoms with Crippen molar-refractivity contribution in [1.29, 1.82) is 0 Å². The van der Waals surface area contributed by atoms with Gasteiger partial charge in [0.1, 0.15) is 11.6 Å². The minimum absolute atomic E-state index is 0.125. The Morgan fingerprint density at radius 2 is 1.82 bits per heavy atom. The number of halogens is 2. The molecule has 0 N–H and O–H groups in total. The molecule has 7 heteroatoms. The zero-order valence-electron chi connectivity index (χ0n) is 16.0. The Bertz CT molecular complexity index is 1010. The Morgan fingerprint density at radius 1 is 1.14 bits per heavy atom. The first-order valence-corrected chi connectivity index (χ1v) is 10.5. The number of aromatic nitrogens is 1. The third-order valence-corrected chi connectivity index (χ3v) is 6.11. The first-order chi connectivity index (χ1) is 13.3. The maximum absolute atomic E-state index is 13.8. The van der Waals surface area contributed by atoms with Crippen molar-refractivity contribution in [2.45, 2.75) is 38.3 Å². The lowest BCUT2D eigenvalue weighted by molar-refractivity contribution is -0.115. The molecule has 2 aromatic carbocycles. The lowest BCUT2D eigenvalue weighted by Gasteiger charge is -2.23. The van der Waals surface area contributed by atoms with Crippen molar-refractivity contribution in [3.05, 3.63) is 69.7 Å². The van der Waals surface area contributed by atoms with E-state index in [0.717, 1.165) is 34.5 Å². The molecule has 3 nitrogen and oxygen atoms in total. The molecular formula is C21H20F2N2OS2. The summed E-state index contributed by atoms with van der Waals surface area (Å²) >= 11 is 2.54. The first-order valence-electron chi connectivity index (χ1n) is 8.67. The van der Waals surface area contributed by atoms with Crippen LogP contribution in [0.15, 0.2) is 40.6 Å². The Labute approximate surface area is 171 Å². The summed E-state index contributed by atoms with van der Waals surface area (Å²) in [6.07, 6.45) is 0. The van der Waals surface area contributed by atoms with Crippen molar-refractivity contribution in [2.75, 3.05) is 4.90 Å². The number of aryl methyl sites for hydroxylation is 3. The Hall–Kier alpha value is -2.25. The molecule has 0 saturated carbocycles. The maximum atomic E-state index is 13.8. The van der Waals surface area contributed by atoms with E-state index in [2.05, 4.69) is 4.98 Å². The van der Waals surface area contributed by atoms with Crippen LogP contribution in [0.25, 0.3) is 0 Å². The van der Waals surface area contributed by atoms with E-state index in [9.17, 15) is 13.6 Å². The highest BCUT2D eigenvalue weighted by molar-refractivity contribution is 7.98. The number of thioether (sulfide) groups is 1. The number of carbonyl (C=O) groups is 1. The molecule has 0 bridgehead atoms. The predicted octanol–water partition coefficient (Wildman–Crippen LogP) is 6.32. The fraction of sp³-hybridized carbons (Fsp3) is 0.238. The zero-order chi connectivity index (χ0) is 20.4. The lowest BCUT2D eigenvalue weighted by Crippen LogP contribution is -2.24. The molecule has 0 saturated heterocycles. The average molecular weight is 419 g/mol. The highest BCUT2D eigenvalue weighted by atomic mass is 32.2. The highest BCUT2D eigenvalue weighted by Gasteiger charge is 2.22. The van der Waals surface area contributed by atoms with Crippen molar-refractivity contribution in [3.63, 3.8) is 0 Å². The summed E-state index contributed by atoms with van der Waals surface area (Å²) in [5.74, 6) is -0.678. The van der Waals surface area contributed by atoms with Crippen molar-refractivity contribution in [1.82, 2.24) is 4.98 Å². The largest absolute Gasteiger partial charge is 0.274 e. The molecular weight excluding hydrogens is 398 g/mol. The van der Waals surface area contributed by atoms with Crippen molar-refractivity contribution >= 4 is 39.8 Å². The van der Waals surface area contributed by atoms with Crippen molar-refractivity contribution in [3.8, 4) is 0 Å². The van der Waals surface area contributed by atoms with Gasteiger partial charge in [-0.1, -0.05) is 17.7 Å². The van der Waals surface area contributed by atoms with E-state index >= 15 is 0 Å². The van der Waals surface area contributed by atoms with Crippen LogP contribution in [0.2, 0.25) is 0 Å². The van der Waals surface area contributed by atoms with Crippen LogP contribution in [-0.4, -0.2) is 10.9 Å². The van der Waals surface area contributed by atoms with Gasteiger partial charge in [0, 0.05) is 23.0 Å². The predicted molar refractivity (Wildman–Crippen MR) is 112 cm³/mol. The number of anilines is 2. The van der Waals surface area contributed by atoms with Crippen molar-refractivity contribution in [2.24, 2.45) is 0 Å². The van der Waals surface area contributed by atoms with E-state index in [0.29, 0.717) is 16.6 Å². The van der Waals surface area contributed by atoms with E-state index in [1.807, 2.05) is 38.3 Å². The molecule has 28 heavy (non-hydrogen) atoms. The first kappa shape index (κ1) is 20.5. The third-order valence-electron chi connectivity index (χ3n) is 4.17. The van der Waals surface area contributed by atoms with Gasteiger partial charge in [0.05, 0.1) is 11.4 Å². The number of hydrogen-bond acceptors (Lipinski definition) is 4. The summed E-state index contributed by atoms with van der Waals surface area (Å²) in [7, 11) is 0. The molecule has 0 aliphatic carbocycles. The fourth-order valence-corrected chi connectivity index (χ4v) is 4.95. The van der Waals surface area contributed by atoms with Gasteiger partial charge in [0.25, 0.3) is 0 Å². The quantitative estimate of drug-likeness (QED) is 0.454. The van der Waals surface area contributed by atoms with E-state index in [1.54, 1.807) is 4.90 Å². The van der Waals surface area contributed by atoms with Gasteiger partial charge in [0.15, 0.2) is 5.13 Å². The van der Waals surface area contributed by atoms with E-state index in [1.165, 1.54) is 36.1 Å². The molecule has 146 valence electrons. The number of thiazole rings is 1. The standard InChI is InChI=1S/C21H20F2N2OS2/c1-12-7-13(2)20(14(3)8-12)25(15(4)26)21-24-17(11-28-21)10-27-19-9-16(22)5-6-18(19)23/h5-9,11H,10H2,1-4H3. The van der Waals surface area contributed by atoms with Gasteiger partial charge in [-0.05, 0) is 50.1 Å². The molecule has 3 rings (SSSR count). The number of hydrogen-bond donors (Lipinski definition) is 0. The summed E-state index contributed by atoms with van der Waals surface area (Å²) in [6, 6.07) is 7.46. The Balaban J connectivity index is 1.86. The van der Waals surface area contributed by atoms with Gasteiger partial charge in [-0.15, -0.1) is 23.1 Å². The van der Waals surface area contributed by atoms with Crippen LogP contribution < -0.4 is 4.90 Å². The summed E-state index contributed by atoms with van der Waals surface area (Å²) in [5, 5.41) is 2.41. The van der Waals surface area contributed by atoms with E-state index in [4.69, 9.17) is 0 Å². The Morgan fingerprint density at radius 3 is 2.46 bits per heavy atom. The van der Waals surface area contributed by atoms with E-state index < -0.39 is 11.6 Å². The minimum Gasteiger partial charge on any atom is -0.274 e. The summed E-state index contributed by atoms with van der Waals surface area (Å²) in [6.45, 7) is 7.48. The molecule has 1 heterocycles. The van der Waals surface area contributed by atoms with Crippen LogP contribution in [-0.2, 0) is 10.5 Å². The lowest BCUT2D eigenvalue weighted by atomic mass is 10.0. The van der Waals surface area contributed by atoms with Crippen LogP contribution in [0.1, 0.15) is 29.3 Å². The van der Waals surface area contributed by atoms with Gasteiger partial charge in [-0.3, -0.25) is 9.69 Å².